The van der Waals surface area contributed by atoms with Gasteiger partial charge in [-0.25, -0.2) is 0 Å². The van der Waals surface area contributed by atoms with E-state index >= 15 is 0 Å². The van der Waals surface area contributed by atoms with E-state index in [1.54, 1.807) is 11.3 Å². The average Bonchev–Trinajstić information content (AvgIpc) is 2.43. The summed E-state index contributed by atoms with van der Waals surface area (Å²) in [5, 5.41) is 13.2. The highest BCUT2D eigenvalue weighted by atomic mass is 79.9. The Labute approximate surface area is 103 Å². The molecule has 0 bridgehead atoms. The lowest BCUT2D eigenvalue weighted by atomic mass is 9.80. The third kappa shape index (κ3) is 2.81. The lowest BCUT2D eigenvalue weighted by molar-refractivity contribution is -0.0314. The molecule has 0 aromatic carbocycles. The zero-order valence-corrected chi connectivity index (χ0v) is 11.2. The van der Waals surface area contributed by atoms with E-state index in [1.165, 1.54) is 20.6 Å². The molecule has 2 nitrogen and oxygen atoms in total. The van der Waals surface area contributed by atoms with Crippen molar-refractivity contribution < 1.29 is 5.11 Å². The molecule has 0 aliphatic heterocycles. The Bertz CT molecular complexity index is 327. The number of aryl methyl sites for hydroxylation is 1. The fraction of sp³-hybridized carbons (Fsp3) is 0.636. The van der Waals surface area contributed by atoms with Crippen molar-refractivity contribution >= 4 is 27.3 Å². The predicted molar refractivity (Wildman–Crippen MR) is 67.3 cm³/mol. The number of hydrogen-bond acceptors (Lipinski definition) is 3. The van der Waals surface area contributed by atoms with Crippen LogP contribution in [0.5, 0.6) is 0 Å². The third-order valence-corrected chi connectivity index (χ3v) is 5.08. The fourth-order valence-electron chi connectivity index (χ4n) is 1.79. The van der Waals surface area contributed by atoms with Gasteiger partial charge < -0.3 is 10.4 Å². The topological polar surface area (TPSA) is 32.3 Å². The molecule has 2 N–H and O–H groups in total. The van der Waals surface area contributed by atoms with E-state index in [4.69, 9.17) is 0 Å². The molecule has 0 saturated heterocycles. The van der Waals surface area contributed by atoms with Crippen LogP contribution in [0, 0.1) is 6.92 Å². The van der Waals surface area contributed by atoms with Crippen LogP contribution in [0.3, 0.4) is 0 Å². The molecular formula is C11H16BrNOS. The van der Waals surface area contributed by atoms with E-state index in [0.29, 0.717) is 0 Å². The molecule has 0 radical (unpaired) electrons. The summed E-state index contributed by atoms with van der Waals surface area (Å²) in [6.07, 6.45) is 3.07. The highest BCUT2D eigenvalue weighted by molar-refractivity contribution is 9.11. The summed E-state index contributed by atoms with van der Waals surface area (Å²) in [6, 6.07) is 2.19. The van der Waals surface area contributed by atoms with Gasteiger partial charge in [0.25, 0.3) is 0 Å². The molecule has 0 atom stereocenters. The van der Waals surface area contributed by atoms with Crippen molar-refractivity contribution in [1.29, 1.82) is 0 Å². The van der Waals surface area contributed by atoms with Crippen LogP contribution in [0.15, 0.2) is 9.85 Å². The summed E-state index contributed by atoms with van der Waals surface area (Å²) in [4.78, 5) is 1.32. The Morgan fingerprint density at radius 3 is 2.80 bits per heavy atom. The molecule has 1 fully saturated rings. The minimum absolute atomic E-state index is 0.413. The van der Waals surface area contributed by atoms with E-state index < -0.39 is 5.60 Å². The zero-order chi connectivity index (χ0) is 10.9. The summed E-state index contributed by atoms with van der Waals surface area (Å²) >= 11 is 5.28. The summed E-state index contributed by atoms with van der Waals surface area (Å²) in [5.41, 5.74) is 0.878. The van der Waals surface area contributed by atoms with Gasteiger partial charge in [-0.3, -0.25) is 0 Å². The van der Waals surface area contributed by atoms with Gasteiger partial charge in [0.2, 0.25) is 0 Å². The van der Waals surface area contributed by atoms with Crippen LogP contribution in [0.4, 0.5) is 0 Å². The Kier molecular flexibility index (Phi) is 3.50. The van der Waals surface area contributed by atoms with Crippen molar-refractivity contribution in [2.24, 2.45) is 0 Å². The van der Waals surface area contributed by atoms with Crippen LogP contribution < -0.4 is 5.32 Å². The minimum atomic E-state index is -0.413. The Balaban J connectivity index is 1.78. The SMILES string of the molecule is Cc1cc(CNCC2(O)CCC2)sc1Br. The first kappa shape index (κ1) is 11.6. The molecule has 1 heterocycles. The van der Waals surface area contributed by atoms with E-state index in [1.807, 2.05) is 0 Å². The number of thiophene rings is 1. The van der Waals surface area contributed by atoms with Crippen LogP contribution >= 0.6 is 27.3 Å². The van der Waals surface area contributed by atoms with Gasteiger partial charge in [-0.05, 0) is 53.7 Å². The van der Waals surface area contributed by atoms with Gasteiger partial charge in [-0.1, -0.05) is 0 Å². The first-order chi connectivity index (χ1) is 7.09. The molecular weight excluding hydrogens is 274 g/mol. The molecule has 1 saturated carbocycles. The maximum atomic E-state index is 9.88. The van der Waals surface area contributed by atoms with Crippen molar-refractivity contribution in [3.05, 3.63) is 20.3 Å². The van der Waals surface area contributed by atoms with Crippen LogP contribution in [-0.2, 0) is 6.54 Å². The largest absolute Gasteiger partial charge is 0.389 e. The maximum Gasteiger partial charge on any atom is 0.0771 e. The monoisotopic (exact) mass is 289 g/mol. The maximum absolute atomic E-state index is 9.88. The number of halogens is 1. The minimum Gasteiger partial charge on any atom is -0.389 e. The molecule has 4 heteroatoms. The van der Waals surface area contributed by atoms with E-state index in [0.717, 1.165) is 25.9 Å². The Morgan fingerprint density at radius 2 is 2.33 bits per heavy atom. The predicted octanol–water partition coefficient (Wildman–Crippen LogP) is 2.82. The van der Waals surface area contributed by atoms with Gasteiger partial charge in [0.1, 0.15) is 0 Å². The van der Waals surface area contributed by atoms with Gasteiger partial charge in [0, 0.05) is 18.0 Å². The quantitative estimate of drug-likeness (QED) is 0.893. The van der Waals surface area contributed by atoms with E-state index in [2.05, 4.69) is 34.2 Å². The van der Waals surface area contributed by atoms with Crippen molar-refractivity contribution in [1.82, 2.24) is 5.32 Å². The van der Waals surface area contributed by atoms with Crippen LogP contribution in [0.25, 0.3) is 0 Å². The molecule has 0 unspecified atom stereocenters. The average molecular weight is 290 g/mol. The number of rotatable bonds is 4. The molecule has 1 aliphatic carbocycles. The molecule has 0 amide bonds. The lowest BCUT2D eigenvalue weighted by Crippen LogP contribution is -2.45. The normalized spacial score (nSPS) is 18.9. The summed E-state index contributed by atoms with van der Waals surface area (Å²) < 4.78 is 1.21. The van der Waals surface area contributed by atoms with E-state index in [9.17, 15) is 5.11 Å². The standard InChI is InChI=1S/C11H16BrNOS/c1-8-5-9(15-10(8)12)6-13-7-11(14)3-2-4-11/h5,13-14H,2-4,6-7H2,1H3. The summed E-state index contributed by atoms with van der Waals surface area (Å²) in [7, 11) is 0. The first-order valence-electron chi connectivity index (χ1n) is 5.27. The number of aliphatic hydroxyl groups is 1. The van der Waals surface area contributed by atoms with Crippen molar-refractivity contribution in [2.45, 2.75) is 38.3 Å². The summed E-state index contributed by atoms with van der Waals surface area (Å²) in [5.74, 6) is 0. The second kappa shape index (κ2) is 4.53. The van der Waals surface area contributed by atoms with Crippen molar-refractivity contribution in [3.8, 4) is 0 Å². The molecule has 0 spiro atoms. The van der Waals surface area contributed by atoms with Crippen LogP contribution in [0.2, 0.25) is 0 Å². The van der Waals surface area contributed by atoms with Gasteiger partial charge in [-0.15, -0.1) is 11.3 Å². The van der Waals surface area contributed by atoms with Crippen molar-refractivity contribution in [3.63, 3.8) is 0 Å². The van der Waals surface area contributed by atoms with Gasteiger partial charge >= 0.3 is 0 Å². The lowest BCUT2D eigenvalue weighted by Gasteiger charge is -2.36. The highest BCUT2D eigenvalue weighted by Crippen LogP contribution is 2.31. The first-order valence-corrected chi connectivity index (χ1v) is 6.88. The fourth-order valence-corrected chi connectivity index (χ4v) is 3.39. The molecule has 15 heavy (non-hydrogen) atoms. The third-order valence-electron chi connectivity index (χ3n) is 2.95. The van der Waals surface area contributed by atoms with Crippen LogP contribution in [0.1, 0.15) is 29.7 Å². The number of nitrogens with one attached hydrogen (secondary N) is 1. The van der Waals surface area contributed by atoms with Gasteiger partial charge in [0.15, 0.2) is 0 Å². The Hall–Kier alpha value is 0.100. The molecule has 1 aromatic heterocycles. The van der Waals surface area contributed by atoms with Gasteiger partial charge in [0.05, 0.1) is 9.39 Å². The number of hydrogen-bond donors (Lipinski definition) is 2. The molecule has 1 aliphatic rings. The van der Waals surface area contributed by atoms with Gasteiger partial charge in [-0.2, -0.15) is 0 Å². The second-order valence-electron chi connectivity index (χ2n) is 4.35. The molecule has 1 aromatic rings. The summed E-state index contributed by atoms with van der Waals surface area (Å²) in [6.45, 7) is 3.69. The molecule has 2 rings (SSSR count). The smallest absolute Gasteiger partial charge is 0.0771 e. The van der Waals surface area contributed by atoms with E-state index in [-0.39, 0.29) is 0 Å². The zero-order valence-electron chi connectivity index (χ0n) is 8.85. The van der Waals surface area contributed by atoms with Crippen LogP contribution in [-0.4, -0.2) is 17.3 Å². The highest BCUT2D eigenvalue weighted by Gasteiger charge is 2.33. The Morgan fingerprint density at radius 1 is 1.60 bits per heavy atom. The molecule has 84 valence electrons. The second-order valence-corrected chi connectivity index (χ2v) is 6.81. The van der Waals surface area contributed by atoms with Crippen molar-refractivity contribution in [2.75, 3.05) is 6.54 Å².